The van der Waals surface area contributed by atoms with Crippen molar-refractivity contribution in [1.82, 2.24) is 9.97 Å². The Balaban J connectivity index is 1.49. The number of rotatable bonds is 5. The molecule has 1 aromatic heterocycles. The van der Waals surface area contributed by atoms with Crippen LogP contribution in [0.3, 0.4) is 0 Å². The fourth-order valence-electron chi connectivity index (χ4n) is 3.01. The van der Waals surface area contributed by atoms with Crippen molar-refractivity contribution in [3.63, 3.8) is 0 Å². The molecule has 0 amide bonds. The molecule has 8 heteroatoms. The summed E-state index contributed by atoms with van der Waals surface area (Å²) in [5.41, 5.74) is 2.71. The molecule has 0 saturated heterocycles. The number of aromatic carboxylic acids is 1. The summed E-state index contributed by atoms with van der Waals surface area (Å²) in [6, 6.07) is 16.6. The Labute approximate surface area is 168 Å². The molecule has 0 radical (unpaired) electrons. The van der Waals surface area contributed by atoms with Gasteiger partial charge in [0, 0.05) is 0 Å². The maximum Gasteiger partial charge on any atom is 0.416 e. The first-order chi connectivity index (χ1) is 14.3. The van der Waals surface area contributed by atoms with Crippen LogP contribution in [-0.4, -0.2) is 21.0 Å². The van der Waals surface area contributed by atoms with Gasteiger partial charge in [0.15, 0.2) is 0 Å². The Morgan fingerprint density at radius 2 is 1.63 bits per heavy atom. The number of imidazole rings is 1. The van der Waals surface area contributed by atoms with Crippen LogP contribution >= 0.6 is 0 Å². The summed E-state index contributed by atoms with van der Waals surface area (Å²) in [6.45, 7) is 0.0721. The standard InChI is InChI=1S/C22H15F3N2O3/c23-22(24,25)16-6-8-17(9-7-16)30-12-20-26-18-10-5-15(11-19(18)27-20)13-1-3-14(4-2-13)21(28)29/h1-11H,12H2,(H,26,27)(H,28,29). The Bertz CT molecular complexity index is 1200. The Morgan fingerprint density at radius 1 is 0.967 bits per heavy atom. The first-order valence-electron chi connectivity index (χ1n) is 8.92. The molecule has 1 heterocycles. The number of ether oxygens (including phenoxy) is 1. The number of carboxylic acids is 1. The molecule has 0 fully saturated rings. The number of hydrogen-bond donors (Lipinski definition) is 2. The van der Waals surface area contributed by atoms with Crippen LogP contribution in [-0.2, 0) is 12.8 Å². The molecule has 5 nitrogen and oxygen atoms in total. The molecule has 152 valence electrons. The van der Waals surface area contributed by atoms with Crippen LogP contribution < -0.4 is 4.74 Å². The molecule has 0 aliphatic rings. The number of carbonyl (C=O) groups is 1. The van der Waals surface area contributed by atoms with Gasteiger partial charge in [-0.05, 0) is 59.7 Å². The number of halogens is 3. The minimum absolute atomic E-state index is 0.0721. The summed E-state index contributed by atoms with van der Waals surface area (Å²) < 4.78 is 43.4. The van der Waals surface area contributed by atoms with Crippen molar-refractivity contribution in [3.05, 3.63) is 83.7 Å². The van der Waals surface area contributed by atoms with E-state index >= 15 is 0 Å². The van der Waals surface area contributed by atoms with Gasteiger partial charge >= 0.3 is 12.1 Å². The second-order valence-corrected chi connectivity index (χ2v) is 6.61. The second-order valence-electron chi connectivity index (χ2n) is 6.61. The third-order valence-corrected chi connectivity index (χ3v) is 4.55. The molecule has 0 atom stereocenters. The predicted molar refractivity (Wildman–Crippen MR) is 104 cm³/mol. The zero-order valence-corrected chi connectivity index (χ0v) is 15.4. The van der Waals surface area contributed by atoms with Gasteiger partial charge in [-0.1, -0.05) is 18.2 Å². The second kappa shape index (κ2) is 7.55. The monoisotopic (exact) mass is 412 g/mol. The molecular formula is C22H15F3N2O3. The zero-order valence-electron chi connectivity index (χ0n) is 15.4. The van der Waals surface area contributed by atoms with E-state index in [2.05, 4.69) is 9.97 Å². The number of H-pyrrole nitrogens is 1. The maximum atomic E-state index is 12.6. The van der Waals surface area contributed by atoms with Gasteiger partial charge in [0.1, 0.15) is 18.2 Å². The number of hydrogen-bond acceptors (Lipinski definition) is 3. The summed E-state index contributed by atoms with van der Waals surface area (Å²) >= 11 is 0. The number of aromatic amines is 1. The first-order valence-corrected chi connectivity index (χ1v) is 8.92. The van der Waals surface area contributed by atoms with E-state index in [9.17, 15) is 18.0 Å². The molecule has 4 aromatic rings. The Hall–Kier alpha value is -3.81. The van der Waals surface area contributed by atoms with Crippen molar-refractivity contribution in [2.24, 2.45) is 0 Å². The third-order valence-electron chi connectivity index (χ3n) is 4.55. The smallest absolute Gasteiger partial charge is 0.416 e. The number of benzene rings is 3. The van der Waals surface area contributed by atoms with E-state index in [-0.39, 0.29) is 12.2 Å². The third kappa shape index (κ3) is 4.12. The fraction of sp³-hybridized carbons (Fsp3) is 0.0909. The highest BCUT2D eigenvalue weighted by atomic mass is 19.4. The van der Waals surface area contributed by atoms with Crippen molar-refractivity contribution in [2.75, 3.05) is 0 Å². The van der Waals surface area contributed by atoms with E-state index in [0.29, 0.717) is 17.1 Å². The summed E-state index contributed by atoms with van der Waals surface area (Å²) in [5.74, 6) is -0.144. The molecule has 2 N–H and O–H groups in total. The molecule has 3 aromatic carbocycles. The zero-order chi connectivity index (χ0) is 21.3. The van der Waals surface area contributed by atoms with Crippen molar-refractivity contribution in [1.29, 1.82) is 0 Å². The average Bonchev–Trinajstić information content (AvgIpc) is 3.14. The van der Waals surface area contributed by atoms with Crippen molar-refractivity contribution in [3.8, 4) is 16.9 Å². The van der Waals surface area contributed by atoms with E-state index in [1.165, 1.54) is 24.3 Å². The summed E-state index contributed by atoms with van der Waals surface area (Å²) in [7, 11) is 0. The minimum Gasteiger partial charge on any atom is -0.486 e. The maximum absolute atomic E-state index is 12.6. The highest BCUT2D eigenvalue weighted by Gasteiger charge is 2.30. The molecule has 0 saturated carbocycles. The van der Waals surface area contributed by atoms with Gasteiger partial charge in [0.2, 0.25) is 0 Å². The van der Waals surface area contributed by atoms with Gasteiger partial charge in [-0.2, -0.15) is 13.2 Å². The van der Waals surface area contributed by atoms with Gasteiger partial charge in [-0.3, -0.25) is 0 Å². The Kier molecular flexibility index (Phi) is 4.91. The van der Waals surface area contributed by atoms with Crippen molar-refractivity contribution < 1.29 is 27.8 Å². The SMILES string of the molecule is O=C(O)c1ccc(-c2ccc3nc(COc4ccc(C(F)(F)F)cc4)[nH]c3c2)cc1. The number of carboxylic acid groups (broad SMARTS) is 1. The van der Waals surface area contributed by atoms with Crippen LogP contribution in [0.25, 0.3) is 22.2 Å². The average molecular weight is 412 g/mol. The lowest BCUT2D eigenvalue weighted by molar-refractivity contribution is -0.137. The fourth-order valence-corrected chi connectivity index (χ4v) is 3.01. The largest absolute Gasteiger partial charge is 0.486 e. The normalized spacial score (nSPS) is 11.6. The van der Waals surface area contributed by atoms with Crippen LogP contribution in [0, 0.1) is 0 Å². The van der Waals surface area contributed by atoms with Crippen LogP contribution in [0.15, 0.2) is 66.7 Å². The predicted octanol–water partition coefficient (Wildman–Crippen LogP) is 5.53. The van der Waals surface area contributed by atoms with Gasteiger partial charge < -0.3 is 14.8 Å². The number of nitrogens with zero attached hydrogens (tertiary/aromatic N) is 1. The van der Waals surface area contributed by atoms with Crippen molar-refractivity contribution >= 4 is 17.0 Å². The number of aromatic nitrogens is 2. The lowest BCUT2D eigenvalue weighted by Crippen LogP contribution is -2.04. The van der Waals surface area contributed by atoms with Crippen LogP contribution in [0.2, 0.25) is 0 Å². The molecule has 0 bridgehead atoms. The molecule has 0 aliphatic carbocycles. The van der Waals surface area contributed by atoms with Crippen LogP contribution in [0.5, 0.6) is 5.75 Å². The van der Waals surface area contributed by atoms with Gasteiger partial charge in [0.25, 0.3) is 0 Å². The van der Waals surface area contributed by atoms with Gasteiger partial charge in [0.05, 0.1) is 22.2 Å². The van der Waals surface area contributed by atoms with E-state index in [4.69, 9.17) is 9.84 Å². The molecule has 30 heavy (non-hydrogen) atoms. The molecule has 0 aliphatic heterocycles. The summed E-state index contributed by atoms with van der Waals surface area (Å²) in [5, 5.41) is 9.00. The Morgan fingerprint density at radius 3 is 2.27 bits per heavy atom. The van der Waals surface area contributed by atoms with E-state index < -0.39 is 17.7 Å². The van der Waals surface area contributed by atoms with E-state index in [1.807, 2.05) is 18.2 Å². The molecule has 4 rings (SSSR count). The minimum atomic E-state index is -4.39. The van der Waals surface area contributed by atoms with E-state index in [1.54, 1.807) is 12.1 Å². The lowest BCUT2D eigenvalue weighted by Gasteiger charge is -2.08. The number of nitrogens with one attached hydrogen (secondary N) is 1. The van der Waals surface area contributed by atoms with Gasteiger partial charge in [-0.15, -0.1) is 0 Å². The molecule has 0 unspecified atom stereocenters. The van der Waals surface area contributed by atoms with Crippen molar-refractivity contribution in [2.45, 2.75) is 12.8 Å². The highest BCUT2D eigenvalue weighted by Crippen LogP contribution is 2.30. The van der Waals surface area contributed by atoms with Crippen LogP contribution in [0.4, 0.5) is 13.2 Å². The van der Waals surface area contributed by atoms with Gasteiger partial charge in [-0.25, -0.2) is 9.78 Å². The number of alkyl halides is 3. The topological polar surface area (TPSA) is 75.2 Å². The lowest BCUT2D eigenvalue weighted by atomic mass is 10.0. The molecular weight excluding hydrogens is 397 g/mol. The van der Waals surface area contributed by atoms with Crippen LogP contribution in [0.1, 0.15) is 21.7 Å². The summed E-state index contributed by atoms with van der Waals surface area (Å²) in [4.78, 5) is 18.5. The quantitative estimate of drug-likeness (QED) is 0.452. The van der Waals surface area contributed by atoms with E-state index in [0.717, 1.165) is 28.8 Å². The molecule has 0 spiro atoms. The highest BCUT2D eigenvalue weighted by molar-refractivity contribution is 5.89. The first kappa shape index (κ1) is 19.5. The number of fused-ring (bicyclic) bond motifs is 1. The summed E-state index contributed by atoms with van der Waals surface area (Å²) in [6.07, 6.45) is -4.39.